The first-order chi connectivity index (χ1) is 23.7. The van der Waals surface area contributed by atoms with Crippen molar-refractivity contribution < 1.29 is 9.47 Å². The number of aromatic nitrogens is 3. The van der Waals surface area contributed by atoms with Crippen LogP contribution < -0.4 is 15.0 Å². The van der Waals surface area contributed by atoms with Gasteiger partial charge in [-0.05, 0) is 105 Å². The molecule has 0 bridgehead atoms. The zero-order valence-electron chi connectivity index (χ0n) is 28.7. The molecule has 2 aromatic heterocycles. The minimum Gasteiger partial charge on any atom is -0.494 e. The molecule has 0 spiro atoms. The van der Waals surface area contributed by atoms with Crippen LogP contribution in [0.3, 0.4) is 0 Å². The summed E-state index contributed by atoms with van der Waals surface area (Å²) in [6.07, 6.45) is 1.73. The Morgan fingerprint density at radius 1 is 0.939 bits per heavy atom. The van der Waals surface area contributed by atoms with Crippen LogP contribution in [0.5, 0.6) is 11.5 Å². The van der Waals surface area contributed by atoms with Gasteiger partial charge in [0.1, 0.15) is 18.1 Å². The van der Waals surface area contributed by atoms with Gasteiger partial charge < -0.3 is 14.0 Å². The third-order valence-corrected chi connectivity index (χ3v) is 8.68. The quantitative estimate of drug-likeness (QED) is 0.139. The molecule has 8 nitrogen and oxygen atoms in total. The summed E-state index contributed by atoms with van der Waals surface area (Å²) in [7, 11) is 0. The van der Waals surface area contributed by atoms with E-state index in [0.717, 1.165) is 50.6 Å². The SMILES string of the molecule is CCOc1cc(C)c(-c2nc3ccccc3c(=O)n2N=Cc2cc(C)n(-c3ccc(OCc4ccccc4C#N)cc3)c2C)cc1C(C)C. The van der Waals surface area contributed by atoms with Gasteiger partial charge in [-0.25, -0.2) is 4.98 Å². The van der Waals surface area contributed by atoms with Crippen molar-refractivity contribution in [2.75, 3.05) is 6.61 Å². The predicted octanol–water partition coefficient (Wildman–Crippen LogP) is 8.63. The van der Waals surface area contributed by atoms with E-state index >= 15 is 0 Å². The molecule has 0 N–H and O–H groups in total. The van der Waals surface area contributed by atoms with Crippen molar-refractivity contribution in [3.05, 3.63) is 141 Å². The van der Waals surface area contributed by atoms with Crippen LogP contribution in [0.2, 0.25) is 0 Å². The summed E-state index contributed by atoms with van der Waals surface area (Å²) in [6.45, 7) is 13.2. The molecule has 0 saturated carbocycles. The van der Waals surface area contributed by atoms with E-state index in [1.807, 2.05) is 94.4 Å². The Bertz CT molecular complexity index is 2290. The van der Waals surface area contributed by atoms with Gasteiger partial charge >= 0.3 is 0 Å². The maximum absolute atomic E-state index is 14.0. The third-order valence-electron chi connectivity index (χ3n) is 8.68. The molecule has 0 saturated heterocycles. The number of nitriles is 1. The average Bonchev–Trinajstić information content (AvgIpc) is 3.39. The highest BCUT2D eigenvalue weighted by molar-refractivity contribution is 5.84. The van der Waals surface area contributed by atoms with Gasteiger partial charge in [0.15, 0.2) is 5.82 Å². The topological polar surface area (TPSA) is 94.4 Å². The monoisotopic (exact) mass is 649 g/mol. The Balaban J connectivity index is 1.36. The molecule has 246 valence electrons. The highest BCUT2D eigenvalue weighted by atomic mass is 16.5. The largest absolute Gasteiger partial charge is 0.494 e. The predicted molar refractivity (Wildman–Crippen MR) is 195 cm³/mol. The Morgan fingerprint density at radius 3 is 2.41 bits per heavy atom. The van der Waals surface area contributed by atoms with Crippen LogP contribution in [0.4, 0.5) is 0 Å². The summed E-state index contributed by atoms with van der Waals surface area (Å²) >= 11 is 0. The summed E-state index contributed by atoms with van der Waals surface area (Å²) < 4.78 is 15.5. The van der Waals surface area contributed by atoms with Crippen LogP contribution in [0, 0.1) is 32.1 Å². The number of hydrogen-bond donors (Lipinski definition) is 0. The van der Waals surface area contributed by atoms with Gasteiger partial charge in [0.25, 0.3) is 5.56 Å². The van der Waals surface area contributed by atoms with Crippen LogP contribution in [-0.4, -0.2) is 27.0 Å². The first kappa shape index (κ1) is 33.0. The van der Waals surface area contributed by atoms with E-state index in [4.69, 9.17) is 19.6 Å². The van der Waals surface area contributed by atoms with E-state index in [9.17, 15) is 10.1 Å². The van der Waals surface area contributed by atoms with E-state index in [2.05, 4.69) is 36.6 Å². The van der Waals surface area contributed by atoms with Crippen LogP contribution in [0.25, 0.3) is 28.0 Å². The number of hydrogen-bond acceptors (Lipinski definition) is 6. The molecule has 4 aromatic carbocycles. The summed E-state index contributed by atoms with van der Waals surface area (Å²) in [5, 5.41) is 14.7. The molecular weight excluding hydrogens is 610 g/mol. The van der Waals surface area contributed by atoms with E-state index in [-0.39, 0.29) is 11.5 Å². The molecule has 49 heavy (non-hydrogen) atoms. The lowest BCUT2D eigenvalue weighted by atomic mass is 9.96. The third kappa shape index (κ3) is 6.61. The minimum absolute atomic E-state index is 0.205. The Hall–Kier alpha value is -5.94. The van der Waals surface area contributed by atoms with Crippen LogP contribution in [-0.2, 0) is 6.61 Å². The van der Waals surface area contributed by atoms with E-state index < -0.39 is 0 Å². The molecule has 0 aliphatic rings. The molecule has 0 radical (unpaired) electrons. The molecule has 0 fully saturated rings. The highest BCUT2D eigenvalue weighted by Gasteiger charge is 2.19. The standard InChI is InChI=1S/C41H39N5O3/c1-7-48-39-20-27(4)37(22-36(39)26(2)3)40-44-38-15-11-10-14-35(38)41(47)46(40)43-24-32-21-28(5)45(29(32)6)33-16-18-34(19-17-33)49-25-31-13-9-8-12-30(31)23-42/h8-22,24,26H,7,25H2,1-6H3. The number of fused-ring (bicyclic) bond motifs is 1. The number of rotatable bonds is 10. The number of aryl methyl sites for hydroxylation is 2. The molecule has 8 heteroatoms. The summed E-state index contributed by atoms with van der Waals surface area (Å²) in [5.74, 6) is 2.23. The number of para-hydroxylation sites is 1. The molecule has 6 aromatic rings. The second kappa shape index (κ2) is 14.0. The molecular formula is C41H39N5O3. The first-order valence-electron chi connectivity index (χ1n) is 16.4. The van der Waals surface area contributed by atoms with Crippen molar-refractivity contribution in [3.8, 4) is 34.6 Å². The number of benzene rings is 4. The maximum Gasteiger partial charge on any atom is 0.282 e. The first-order valence-corrected chi connectivity index (χ1v) is 16.4. The second-order valence-electron chi connectivity index (χ2n) is 12.3. The molecule has 0 aliphatic carbocycles. The van der Waals surface area contributed by atoms with Crippen molar-refractivity contribution in [2.45, 2.75) is 54.1 Å². The summed E-state index contributed by atoms with van der Waals surface area (Å²) in [4.78, 5) is 19.0. The lowest BCUT2D eigenvalue weighted by molar-refractivity contribution is 0.306. The molecule has 2 heterocycles. The smallest absolute Gasteiger partial charge is 0.282 e. The minimum atomic E-state index is -0.238. The van der Waals surface area contributed by atoms with E-state index in [1.54, 1.807) is 18.3 Å². The van der Waals surface area contributed by atoms with E-state index in [1.165, 1.54) is 4.68 Å². The van der Waals surface area contributed by atoms with Crippen molar-refractivity contribution in [3.63, 3.8) is 0 Å². The summed E-state index contributed by atoms with van der Waals surface area (Å²) in [6, 6.07) is 31.0. The van der Waals surface area contributed by atoms with Crippen molar-refractivity contribution >= 4 is 17.1 Å². The van der Waals surface area contributed by atoms with Gasteiger partial charge in [0, 0.05) is 33.8 Å². The van der Waals surface area contributed by atoms with Crippen molar-refractivity contribution in [1.29, 1.82) is 5.26 Å². The van der Waals surface area contributed by atoms with Crippen LogP contribution in [0.15, 0.2) is 101 Å². The number of nitrogens with zero attached hydrogens (tertiary/aromatic N) is 5. The van der Waals surface area contributed by atoms with E-state index in [0.29, 0.717) is 41.3 Å². The van der Waals surface area contributed by atoms with Gasteiger partial charge in [0.05, 0.1) is 35.4 Å². The fourth-order valence-electron chi connectivity index (χ4n) is 6.12. The Kier molecular flexibility index (Phi) is 9.45. The molecule has 0 amide bonds. The zero-order valence-corrected chi connectivity index (χ0v) is 28.7. The molecule has 0 unspecified atom stereocenters. The Labute approximate surface area is 286 Å². The van der Waals surface area contributed by atoms with Gasteiger partial charge in [-0.15, -0.1) is 0 Å². The number of ether oxygens (including phenoxy) is 2. The van der Waals surface area contributed by atoms with Gasteiger partial charge in [-0.3, -0.25) is 4.79 Å². The van der Waals surface area contributed by atoms with Crippen molar-refractivity contribution in [1.82, 2.24) is 14.2 Å². The van der Waals surface area contributed by atoms with Crippen molar-refractivity contribution in [2.24, 2.45) is 5.10 Å². The fraction of sp³-hybridized carbons (Fsp3) is 0.220. The van der Waals surface area contributed by atoms with Gasteiger partial charge in [-0.1, -0.05) is 44.2 Å². The summed E-state index contributed by atoms with van der Waals surface area (Å²) in [5.41, 5.74) is 8.49. The second-order valence-corrected chi connectivity index (χ2v) is 12.3. The lowest BCUT2D eigenvalue weighted by Gasteiger charge is -2.18. The maximum atomic E-state index is 14.0. The normalized spacial score (nSPS) is 11.4. The van der Waals surface area contributed by atoms with Crippen LogP contribution in [0.1, 0.15) is 65.9 Å². The lowest BCUT2D eigenvalue weighted by Crippen LogP contribution is -2.21. The zero-order chi connectivity index (χ0) is 34.7. The molecule has 0 aliphatic heterocycles. The molecule has 6 rings (SSSR count). The molecule has 0 atom stereocenters. The fourth-order valence-corrected chi connectivity index (χ4v) is 6.12. The average molecular weight is 650 g/mol. The highest BCUT2D eigenvalue weighted by Crippen LogP contribution is 2.34. The Morgan fingerprint density at radius 2 is 1.67 bits per heavy atom. The van der Waals surface area contributed by atoms with Gasteiger partial charge in [0.2, 0.25) is 0 Å². The van der Waals surface area contributed by atoms with Crippen LogP contribution >= 0.6 is 0 Å². The van der Waals surface area contributed by atoms with Gasteiger partial charge in [-0.2, -0.15) is 15.0 Å².